The second-order valence-corrected chi connectivity index (χ2v) is 11.8. The Balaban J connectivity index is 4.14. The highest BCUT2D eigenvalue weighted by molar-refractivity contribution is 6.71. The van der Waals surface area contributed by atoms with Crippen LogP contribution in [0.4, 0.5) is 0 Å². The maximum absolute atomic E-state index is 5.68. The molecule has 0 aliphatic carbocycles. The Bertz CT molecular complexity index is 261. The molecule has 5 heteroatoms. The Hall–Kier alpha value is 0.0569. The highest BCUT2D eigenvalue weighted by Crippen LogP contribution is 2.13. The summed E-state index contributed by atoms with van der Waals surface area (Å²) in [5.74, 6) is 0. The minimum absolute atomic E-state index is 1.15. The quantitative estimate of drug-likeness (QED) is 0.424. The van der Waals surface area contributed by atoms with E-state index in [9.17, 15) is 0 Å². The van der Waals surface area contributed by atoms with Gasteiger partial charge in [-0.3, -0.25) is 0 Å². The average Bonchev–Trinajstić information content (AvgIpc) is 2.53. The number of rotatable bonds is 15. The van der Waals surface area contributed by atoms with E-state index < -0.39 is 8.32 Å². The summed E-state index contributed by atoms with van der Waals surface area (Å²) < 4.78 is 5.68. The van der Waals surface area contributed by atoms with Crippen molar-refractivity contribution in [3.8, 4) is 0 Å². The zero-order valence-electron chi connectivity index (χ0n) is 17.0. The summed E-state index contributed by atoms with van der Waals surface area (Å²) in [6.45, 7) is 17.5. The molecule has 0 aliphatic heterocycles. The minimum Gasteiger partial charge on any atom is -0.420 e. The van der Waals surface area contributed by atoms with E-state index in [-0.39, 0.29) is 0 Å². The van der Waals surface area contributed by atoms with Gasteiger partial charge < -0.3 is 19.1 Å². The average molecular weight is 346 g/mol. The van der Waals surface area contributed by atoms with Crippen molar-refractivity contribution in [1.82, 2.24) is 14.7 Å². The van der Waals surface area contributed by atoms with Crippen molar-refractivity contribution in [2.45, 2.75) is 52.2 Å². The first-order chi connectivity index (χ1) is 10.8. The minimum atomic E-state index is -1.40. The van der Waals surface area contributed by atoms with Gasteiger partial charge in [0.15, 0.2) is 8.32 Å². The molecule has 0 bridgehead atoms. The van der Waals surface area contributed by atoms with Crippen LogP contribution in [0.2, 0.25) is 19.1 Å². The van der Waals surface area contributed by atoms with E-state index in [1.165, 1.54) is 58.0 Å². The Kier molecular flexibility index (Phi) is 13.4. The maximum Gasteiger partial charge on any atom is 0.186 e. The Morgan fingerprint density at radius 3 is 1.57 bits per heavy atom. The molecule has 0 unspecified atom stereocenters. The van der Waals surface area contributed by atoms with E-state index in [1.54, 1.807) is 0 Å². The van der Waals surface area contributed by atoms with Gasteiger partial charge in [0.05, 0.1) is 0 Å². The molecule has 0 aromatic carbocycles. The summed E-state index contributed by atoms with van der Waals surface area (Å²) >= 11 is 0. The second kappa shape index (κ2) is 13.4. The lowest BCUT2D eigenvalue weighted by molar-refractivity contribution is 0.230. The van der Waals surface area contributed by atoms with Crippen LogP contribution in [-0.2, 0) is 4.43 Å². The molecular formula is C18H43N3OSi. The van der Waals surface area contributed by atoms with E-state index in [0.717, 1.165) is 13.1 Å². The van der Waals surface area contributed by atoms with Crippen molar-refractivity contribution in [2.75, 3.05) is 67.0 Å². The molecule has 0 aromatic heterocycles. The Morgan fingerprint density at radius 1 is 0.739 bits per heavy atom. The Labute approximate surface area is 147 Å². The molecule has 4 nitrogen and oxygen atoms in total. The van der Waals surface area contributed by atoms with E-state index in [0.29, 0.717) is 0 Å². The lowest BCUT2D eigenvalue weighted by Crippen LogP contribution is -2.34. The van der Waals surface area contributed by atoms with Gasteiger partial charge in [-0.05, 0) is 98.3 Å². The summed E-state index contributed by atoms with van der Waals surface area (Å²) in [6, 6.07) is 1.27. The first-order valence-corrected chi connectivity index (χ1v) is 12.6. The molecule has 23 heavy (non-hydrogen) atoms. The van der Waals surface area contributed by atoms with Crippen molar-refractivity contribution in [3.63, 3.8) is 0 Å². The third-order valence-corrected chi connectivity index (χ3v) is 7.58. The van der Waals surface area contributed by atoms with Gasteiger partial charge in [-0.25, -0.2) is 0 Å². The van der Waals surface area contributed by atoms with Crippen molar-refractivity contribution < 1.29 is 4.43 Å². The molecule has 0 heterocycles. The monoisotopic (exact) mass is 345 g/mol. The first kappa shape index (κ1) is 23.1. The van der Waals surface area contributed by atoms with Crippen molar-refractivity contribution in [2.24, 2.45) is 0 Å². The van der Waals surface area contributed by atoms with Crippen LogP contribution < -0.4 is 0 Å². The van der Waals surface area contributed by atoms with Crippen LogP contribution in [0.25, 0.3) is 0 Å². The summed E-state index contributed by atoms with van der Waals surface area (Å²) in [4.78, 5) is 7.49. The van der Waals surface area contributed by atoms with Crippen molar-refractivity contribution >= 4 is 8.32 Å². The fraction of sp³-hybridized carbons (Fsp3) is 1.00. The van der Waals surface area contributed by atoms with Crippen LogP contribution in [-0.4, -0.2) is 90.0 Å². The topological polar surface area (TPSA) is 19.0 Å². The fourth-order valence-electron chi connectivity index (χ4n) is 2.61. The smallest absolute Gasteiger partial charge is 0.186 e. The van der Waals surface area contributed by atoms with Gasteiger partial charge in [-0.2, -0.15) is 0 Å². The maximum atomic E-state index is 5.68. The van der Waals surface area contributed by atoms with Gasteiger partial charge in [0.25, 0.3) is 0 Å². The molecule has 0 radical (unpaired) electrons. The van der Waals surface area contributed by atoms with Crippen molar-refractivity contribution in [1.29, 1.82) is 0 Å². The van der Waals surface area contributed by atoms with Gasteiger partial charge in [0.1, 0.15) is 0 Å². The van der Waals surface area contributed by atoms with Crippen LogP contribution in [0.3, 0.4) is 0 Å². The zero-order valence-corrected chi connectivity index (χ0v) is 18.0. The molecule has 0 fully saturated rings. The second-order valence-electron chi connectivity index (χ2n) is 7.41. The van der Waals surface area contributed by atoms with Gasteiger partial charge in [-0.15, -0.1) is 0 Å². The Morgan fingerprint density at radius 2 is 1.17 bits per heavy atom. The third kappa shape index (κ3) is 13.1. The predicted molar refractivity (Wildman–Crippen MR) is 106 cm³/mol. The molecule has 0 saturated carbocycles. The zero-order chi connectivity index (χ0) is 17.7. The standard InChI is InChI=1S/C18H43N3OSi/c1-8-19(3)13-10-15-21(16-11-14-20(4)9-2)17-12-18-23(6,7)22-5/h8-18H2,1-7H3. The van der Waals surface area contributed by atoms with Crippen LogP contribution in [0, 0.1) is 0 Å². The highest BCUT2D eigenvalue weighted by Gasteiger charge is 2.20. The third-order valence-electron chi connectivity index (χ3n) is 4.91. The number of nitrogens with zero attached hydrogens (tertiary/aromatic N) is 3. The van der Waals surface area contributed by atoms with Crippen LogP contribution in [0.5, 0.6) is 0 Å². The normalized spacial score (nSPS) is 12.8. The van der Waals surface area contributed by atoms with E-state index in [2.05, 4.69) is 55.7 Å². The van der Waals surface area contributed by atoms with Gasteiger partial charge in [0, 0.05) is 7.11 Å². The molecule has 0 spiro atoms. The SMILES string of the molecule is CCN(C)CCCN(CCCN(C)CC)CCC[Si](C)(C)OC. The number of hydrogen-bond donors (Lipinski definition) is 0. The molecule has 0 aromatic rings. The van der Waals surface area contributed by atoms with Crippen molar-refractivity contribution in [3.05, 3.63) is 0 Å². The summed E-state index contributed by atoms with van der Waals surface area (Å²) in [7, 11) is 4.91. The highest BCUT2D eigenvalue weighted by atomic mass is 28.4. The molecule has 0 atom stereocenters. The largest absolute Gasteiger partial charge is 0.420 e. The van der Waals surface area contributed by atoms with E-state index >= 15 is 0 Å². The van der Waals surface area contributed by atoms with Crippen LogP contribution in [0.1, 0.15) is 33.1 Å². The summed E-state index contributed by atoms with van der Waals surface area (Å²) in [5, 5.41) is 0. The molecule has 0 N–H and O–H groups in total. The molecular weight excluding hydrogens is 302 g/mol. The lowest BCUT2D eigenvalue weighted by Gasteiger charge is -2.26. The first-order valence-electron chi connectivity index (χ1n) is 9.49. The van der Waals surface area contributed by atoms with Crippen LogP contribution in [0.15, 0.2) is 0 Å². The van der Waals surface area contributed by atoms with Gasteiger partial charge in [0.2, 0.25) is 0 Å². The van der Waals surface area contributed by atoms with Crippen LogP contribution >= 0.6 is 0 Å². The fourth-order valence-corrected chi connectivity index (χ4v) is 3.82. The lowest BCUT2D eigenvalue weighted by atomic mass is 10.3. The molecule has 0 aliphatic rings. The summed E-state index contributed by atoms with van der Waals surface area (Å²) in [5.41, 5.74) is 0. The van der Waals surface area contributed by atoms with E-state index in [4.69, 9.17) is 4.43 Å². The molecule has 0 rings (SSSR count). The molecule has 0 amide bonds. The molecule has 140 valence electrons. The number of hydrogen-bond acceptors (Lipinski definition) is 4. The van der Waals surface area contributed by atoms with Gasteiger partial charge in [-0.1, -0.05) is 13.8 Å². The predicted octanol–water partition coefficient (Wildman–Crippen LogP) is 3.21. The summed E-state index contributed by atoms with van der Waals surface area (Å²) in [6.07, 6.45) is 3.83. The molecule has 0 saturated heterocycles. The van der Waals surface area contributed by atoms with E-state index in [1.807, 2.05) is 7.11 Å². The van der Waals surface area contributed by atoms with Gasteiger partial charge >= 0.3 is 0 Å².